The second-order valence-electron chi connectivity index (χ2n) is 4.06. The standard InChI is InChI=1S/C12H19N3O2/c13-10-2-1-3-11(12(10)14)17-9-6-15-4-7-16-8-5-15/h1-3H,4-9,13-14H2. The molecule has 5 nitrogen and oxygen atoms in total. The summed E-state index contributed by atoms with van der Waals surface area (Å²) in [6.45, 7) is 5.05. The van der Waals surface area contributed by atoms with E-state index >= 15 is 0 Å². The van der Waals surface area contributed by atoms with Gasteiger partial charge in [0.2, 0.25) is 0 Å². The van der Waals surface area contributed by atoms with E-state index in [9.17, 15) is 0 Å². The summed E-state index contributed by atoms with van der Waals surface area (Å²) in [5.41, 5.74) is 12.6. The van der Waals surface area contributed by atoms with Gasteiger partial charge < -0.3 is 20.9 Å². The molecule has 1 aliphatic rings. The first-order chi connectivity index (χ1) is 8.27. The third-order valence-electron chi connectivity index (χ3n) is 2.87. The third kappa shape index (κ3) is 3.25. The quantitative estimate of drug-likeness (QED) is 0.749. The van der Waals surface area contributed by atoms with Crippen molar-refractivity contribution >= 4 is 11.4 Å². The predicted molar refractivity (Wildman–Crippen MR) is 68.0 cm³/mol. The zero-order chi connectivity index (χ0) is 12.1. The molecule has 0 aromatic heterocycles. The molecular weight excluding hydrogens is 218 g/mol. The molecule has 2 rings (SSSR count). The largest absolute Gasteiger partial charge is 0.490 e. The molecule has 0 radical (unpaired) electrons. The highest BCUT2D eigenvalue weighted by atomic mass is 16.5. The van der Waals surface area contributed by atoms with Gasteiger partial charge in [-0.3, -0.25) is 4.90 Å². The molecule has 1 fully saturated rings. The monoisotopic (exact) mass is 237 g/mol. The van der Waals surface area contributed by atoms with E-state index in [1.807, 2.05) is 12.1 Å². The zero-order valence-corrected chi connectivity index (χ0v) is 9.89. The van der Waals surface area contributed by atoms with Crippen molar-refractivity contribution in [2.75, 3.05) is 50.9 Å². The lowest BCUT2D eigenvalue weighted by Gasteiger charge is -2.26. The van der Waals surface area contributed by atoms with Crippen molar-refractivity contribution in [3.05, 3.63) is 18.2 Å². The second kappa shape index (κ2) is 5.75. The van der Waals surface area contributed by atoms with E-state index in [1.165, 1.54) is 0 Å². The maximum absolute atomic E-state index is 5.82. The third-order valence-corrected chi connectivity index (χ3v) is 2.87. The molecule has 0 aliphatic carbocycles. The lowest BCUT2D eigenvalue weighted by atomic mass is 10.2. The average Bonchev–Trinajstić information content (AvgIpc) is 2.36. The molecule has 17 heavy (non-hydrogen) atoms. The number of morpholine rings is 1. The summed E-state index contributed by atoms with van der Waals surface area (Å²) in [6.07, 6.45) is 0. The molecule has 1 aromatic rings. The number of nitrogens with two attached hydrogens (primary N) is 2. The first kappa shape index (κ1) is 12.0. The Morgan fingerprint density at radius 2 is 2.00 bits per heavy atom. The van der Waals surface area contributed by atoms with Crippen molar-refractivity contribution in [3.63, 3.8) is 0 Å². The van der Waals surface area contributed by atoms with E-state index < -0.39 is 0 Å². The van der Waals surface area contributed by atoms with Crippen LogP contribution < -0.4 is 16.2 Å². The van der Waals surface area contributed by atoms with Gasteiger partial charge in [-0.25, -0.2) is 0 Å². The van der Waals surface area contributed by atoms with E-state index in [2.05, 4.69) is 4.90 Å². The summed E-state index contributed by atoms with van der Waals surface area (Å²) >= 11 is 0. The molecule has 0 saturated carbocycles. The van der Waals surface area contributed by atoms with Crippen molar-refractivity contribution in [3.8, 4) is 5.75 Å². The van der Waals surface area contributed by atoms with Gasteiger partial charge in [0, 0.05) is 19.6 Å². The number of ether oxygens (including phenoxy) is 2. The van der Waals surface area contributed by atoms with Crippen LogP contribution in [0.15, 0.2) is 18.2 Å². The van der Waals surface area contributed by atoms with Gasteiger partial charge in [0.1, 0.15) is 12.4 Å². The Kier molecular flexibility index (Phi) is 4.06. The molecule has 4 N–H and O–H groups in total. The van der Waals surface area contributed by atoms with Crippen molar-refractivity contribution in [2.45, 2.75) is 0 Å². The molecule has 1 aromatic carbocycles. The fraction of sp³-hybridized carbons (Fsp3) is 0.500. The smallest absolute Gasteiger partial charge is 0.144 e. The van der Waals surface area contributed by atoms with Gasteiger partial charge in [0.15, 0.2) is 0 Å². The number of rotatable bonds is 4. The number of anilines is 2. The maximum atomic E-state index is 5.82. The maximum Gasteiger partial charge on any atom is 0.144 e. The van der Waals surface area contributed by atoms with E-state index in [-0.39, 0.29) is 0 Å². The number of hydrogen-bond acceptors (Lipinski definition) is 5. The van der Waals surface area contributed by atoms with Crippen LogP contribution in [0.4, 0.5) is 11.4 Å². The lowest BCUT2D eigenvalue weighted by Crippen LogP contribution is -2.38. The molecule has 0 bridgehead atoms. The number of nitrogens with zero attached hydrogens (tertiary/aromatic N) is 1. The van der Waals surface area contributed by atoms with E-state index in [0.717, 1.165) is 32.8 Å². The number of hydrogen-bond donors (Lipinski definition) is 2. The fourth-order valence-corrected chi connectivity index (χ4v) is 1.80. The minimum absolute atomic E-state index is 0.523. The van der Waals surface area contributed by atoms with Crippen LogP contribution in [0, 0.1) is 0 Å². The number of benzene rings is 1. The summed E-state index contributed by atoms with van der Waals surface area (Å²) in [5, 5.41) is 0. The van der Waals surface area contributed by atoms with Crippen molar-refractivity contribution in [1.82, 2.24) is 4.90 Å². The Balaban J connectivity index is 1.79. The van der Waals surface area contributed by atoms with Crippen LogP contribution in [0.2, 0.25) is 0 Å². The summed E-state index contributed by atoms with van der Waals surface area (Å²) in [6, 6.07) is 5.45. The molecule has 0 spiro atoms. The average molecular weight is 237 g/mol. The van der Waals surface area contributed by atoms with Gasteiger partial charge >= 0.3 is 0 Å². The summed E-state index contributed by atoms with van der Waals surface area (Å²) < 4.78 is 10.9. The van der Waals surface area contributed by atoms with Crippen LogP contribution in [0.1, 0.15) is 0 Å². The van der Waals surface area contributed by atoms with E-state index in [1.54, 1.807) is 6.07 Å². The molecule has 0 unspecified atom stereocenters. The SMILES string of the molecule is Nc1cccc(OCCN2CCOCC2)c1N. The summed E-state index contributed by atoms with van der Waals surface area (Å²) in [7, 11) is 0. The fourth-order valence-electron chi connectivity index (χ4n) is 1.80. The van der Waals surface area contributed by atoms with Gasteiger partial charge in [-0.2, -0.15) is 0 Å². The highest BCUT2D eigenvalue weighted by molar-refractivity contribution is 5.70. The zero-order valence-electron chi connectivity index (χ0n) is 9.89. The molecule has 0 atom stereocenters. The molecule has 1 aliphatic heterocycles. The van der Waals surface area contributed by atoms with Crippen molar-refractivity contribution < 1.29 is 9.47 Å². The van der Waals surface area contributed by atoms with E-state index in [4.69, 9.17) is 20.9 Å². The molecule has 0 amide bonds. The van der Waals surface area contributed by atoms with Crippen LogP contribution in [-0.2, 0) is 4.74 Å². The number of nitrogen functional groups attached to an aromatic ring is 2. The second-order valence-corrected chi connectivity index (χ2v) is 4.06. The Morgan fingerprint density at radius 3 is 2.76 bits per heavy atom. The van der Waals surface area contributed by atoms with Gasteiger partial charge in [0.05, 0.1) is 24.6 Å². The molecule has 1 heterocycles. The van der Waals surface area contributed by atoms with E-state index in [0.29, 0.717) is 23.7 Å². The van der Waals surface area contributed by atoms with Crippen LogP contribution in [0.3, 0.4) is 0 Å². The summed E-state index contributed by atoms with van der Waals surface area (Å²) in [5.74, 6) is 0.665. The molecule has 1 saturated heterocycles. The molecule has 5 heteroatoms. The van der Waals surface area contributed by atoms with Crippen LogP contribution in [0.5, 0.6) is 5.75 Å². The van der Waals surface area contributed by atoms with Gasteiger partial charge in [-0.1, -0.05) is 6.07 Å². The van der Waals surface area contributed by atoms with Crippen molar-refractivity contribution in [1.29, 1.82) is 0 Å². The Hall–Kier alpha value is -1.46. The first-order valence-electron chi connectivity index (χ1n) is 5.84. The minimum atomic E-state index is 0.523. The Morgan fingerprint density at radius 1 is 1.24 bits per heavy atom. The Labute approximate surface area is 101 Å². The summed E-state index contributed by atoms with van der Waals surface area (Å²) in [4.78, 5) is 2.31. The lowest BCUT2D eigenvalue weighted by molar-refractivity contribution is 0.0323. The van der Waals surface area contributed by atoms with Crippen molar-refractivity contribution in [2.24, 2.45) is 0 Å². The Bertz CT molecular complexity index is 365. The van der Waals surface area contributed by atoms with Crippen LogP contribution in [0.25, 0.3) is 0 Å². The predicted octanol–water partition coefficient (Wildman–Crippen LogP) is 0.562. The van der Waals surface area contributed by atoms with Gasteiger partial charge in [-0.15, -0.1) is 0 Å². The highest BCUT2D eigenvalue weighted by Crippen LogP contribution is 2.26. The molecule has 94 valence electrons. The molecular formula is C12H19N3O2. The minimum Gasteiger partial charge on any atom is -0.490 e. The van der Waals surface area contributed by atoms with Crippen LogP contribution in [-0.4, -0.2) is 44.4 Å². The van der Waals surface area contributed by atoms with Gasteiger partial charge in [0.25, 0.3) is 0 Å². The van der Waals surface area contributed by atoms with Crippen LogP contribution >= 0.6 is 0 Å². The normalized spacial score (nSPS) is 16.9. The van der Waals surface area contributed by atoms with Gasteiger partial charge in [-0.05, 0) is 12.1 Å². The highest BCUT2D eigenvalue weighted by Gasteiger charge is 2.10. The first-order valence-corrected chi connectivity index (χ1v) is 5.84. The topological polar surface area (TPSA) is 73.7 Å². The number of para-hydroxylation sites is 1.